The fourth-order valence-electron chi connectivity index (χ4n) is 5.22. The van der Waals surface area contributed by atoms with Gasteiger partial charge < -0.3 is 5.73 Å². The average Bonchev–Trinajstić information content (AvgIpc) is 2.86. The van der Waals surface area contributed by atoms with Crippen LogP contribution in [-0.2, 0) is 0 Å². The summed E-state index contributed by atoms with van der Waals surface area (Å²) in [7, 11) is 0. The molecule has 0 spiro atoms. The molecule has 0 aromatic carbocycles. The predicted molar refractivity (Wildman–Crippen MR) is 84.7 cm³/mol. The van der Waals surface area contributed by atoms with Crippen molar-refractivity contribution in [3.8, 4) is 0 Å². The highest BCUT2D eigenvalue weighted by atomic mass is 15.3. The molecule has 3 heteroatoms. The number of piperazine rings is 1. The lowest BCUT2D eigenvalue weighted by atomic mass is 9.63. The number of rotatable bonds is 2. The summed E-state index contributed by atoms with van der Waals surface area (Å²) in [5.74, 6) is 0.726. The second kappa shape index (κ2) is 5.26. The monoisotopic (exact) mass is 279 g/mol. The van der Waals surface area contributed by atoms with Crippen LogP contribution in [0.1, 0.15) is 52.9 Å². The normalized spacial score (nSPS) is 42.6. The molecule has 0 bridgehead atoms. The lowest BCUT2D eigenvalue weighted by molar-refractivity contribution is -0.0542. The fourth-order valence-corrected chi connectivity index (χ4v) is 5.22. The van der Waals surface area contributed by atoms with Gasteiger partial charge in [-0.1, -0.05) is 20.8 Å². The average molecular weight is 279 g/mol. The van der Waals surface area contributed by atoms with E-state index in [1.807, 2.05) is 0 Å². The quantitative estimate of drug-likeness (QED) is 0.842. The van der Waals surface area contributed by atoms with Crippen molar-refractivity contribution in [1.29, 1.82) is 0 Å². The van der Waals surface area contributed by atoms with Gasteiger partial charge in [-0.2, -0.15) is 0 Å². The molecule has 3 aliphatic rings. The van der Waals surface area contributed by atoms with Crippen LogP contribution in [0.3, 0.4) is 0 Å². The summed E-state index contributed by atoms with van der Waals surface area (Å²) in [5.41, 5.74) is 7.12. The van der Waals surface area contributed by atoms with Crippen LogP contribution in [0.25, 0.3) is 0 Å². The first-order valence-corrected chi connectivity index (χ1v) is 8.66. The van der Waals surface area contributed by atoms with Crippen molar-refractivity contribution >= 4 is 0 Å². The van der Waals surface area contributed by atoms with Crippen LogP contribution in [0.4, 0.5) is 0 Å². The fraction of sp³-hybridized carbons (Fsp3) is 1.00. The van der Waals surface area contributed by atoms with Crippen molar-refractivity contribution in [2.45, 2.75) is 64.5 Å². The van der Waals surface area contributed by atoms with Crippen molar-refractivity contribution in [3.05, 3.63) is 0 Å². The number of hydrogen-bond acceptors (Lipinski definition) is 3. The van der Waals surface area contributed by atoms with Crippen molar-refractivity contribution in [2.24, 2.45) is 17.1 Å². The maximum atomic E-state index is 6.33. The first kappa shape index (κ1) is 14.8. The first-order valence-electron chi connectivity index (χ1n) is 8.66. The summed E-state index contributed by atoms with van der Waals surface area (Å²) in [5, 5.41) is 0. The molecule has 116 valence electrons. The van der Waals surface area contributed by atoms with Gasteiger partial charge in [-0.05, 0) is 50.0 Å². The molecule has 20 heavy (non-hydrogen) atoms. The van der Waals surface area contributed by atoms with E-state index in [9.17, 15) is 0 Å². The number of nitrogens with zero attached hydrogens (tertiary/aromatic N) is 2. The van der Waals surface area contributed by atoms with E-state index in [2.05, 4.69) is 30.6 Å². The van der Waals surface area contributed by atoms with Crippen molar-refractivity contribution < 1.29 is 0 Å². The molecule has 3 rings (SSSR count). The minimum absolute atomic E-state index is 0.282. The summed E-state index contributed by atoms with van der Waals surface area (Å²) in [4.78, 5) is 5.50. The van der Waals surface area contributed by atoms with Gasteiger partial charge in [0, 0.05) is 37.8 Å². The van der Waals surface area contributed by atoms with Crippen LogP contribution in [0, 0.1) is 11.3 Å². The largest absolute Gasteiger partial charge is 0.329 e. The Morgan fingerprint density at radius 2 is 1.95 bits per heavy atom. The van der Waals surface area contributed by atoms with Crippen LogP contribution in [-0.4, -0.2) is 54.1 Å². The van der Waals surface area contributed by atoms with E-state index >= 15 is 0 Å². The molecule has 3 nitrogen and oxygen atoms in total. The van der Waals surface area contributed by atoms with Gasteiger partial charge in [0.05, 0.1) is 0 Å². The molecule has 0 aromatic rings. The minimum atomic E-state index is 0.282. The van der Waals surface area contributed by atoms with Crippen molar-refractivity contribution in [3.63, 3.8) is 0 Å². The molecule has 3 atom stereocenters. The first-order chi connectivity index (χ1) is 9.47. The van der Waals surface area contributed by atoms with E-state index < -0.39 is 0 Å². The third kappa shape index (κ3) is 2.42. The Morgan fingerprint density at radius 3 is 2.65 bits per heavy atom. The van der Waals surface area contributed by atoms with Crippen LogP contribution in [0.15, 0.2) is 0 Å². The van der Waals surface area contributed by atoms with Crippen LogP contribution in [0.2, 0.25) is 0 Å². The Labute approximate surface area is 124 Å². The molecule has 3 unspecified atom stereocenters. The Balaban J connectivity index is 1.75. The second-order valence-corrected chi connectivity index (χ2v) is 8.36. The van der Waals surface area contributed by atoms with Gasteiger partial charge in [0.15, 0.2) is 0 Å². The number of fused-ring (bicyclic) bond motifs is 1. The summed E-state index contributed by atoms with van der Waals surface area (Å²) in [6, 6.07) is 0.814. The molecule has 0 aromatic heterocycles. The SMILES string of the molecule is CC1CC(C)(C)CCC1(CN)N1CCN2CCCC2C1. The molecule has 1 saturated carbocycles. The van der Waals surface area contributed by atoms with Gasteiger partial charge in [-0.25, -0.2) is 0 Å². The van der Waals surface area contributed by atoms with E-state index in [1.54, 1.807) is 0 Å². The third-order valence-corrected chi connectivity index (χ3v) is 6.58. The molecule has 3 fully saturated rings. The topological polar surface area (TPSA) is 32.5 Å². The Morgan fingerprint density at radius 1 is 1.15 bits per heavy atom. The van der Waals surface area contributed by atoms with E-state index in [1.165, 1.54) is 58.3 Å². The molecular formula is C17H33N3. The number of hydrogen-bond donors (Lipinski definition) is 1. The summed E-state index contributed by atoms with van der Waals surface area (Å²) in [6.45, 7) is 13.3. The van der Waals surface area contributed by atoms with Crippen molar-refractivity contribution in [2.75, 3.05) is 32.7 Å². The van der Waals surface area contributed by atoms with E-state index in [4.69, 9.17) is 5.73 Å². The standard InChI is InChI=1S/C17H33N3/c1-14-11-16(2,3)6-7-17(14,13-18)20-10-9-19-8-4-5-15(19)12-20/h14-15H,4-13,18H2,1-3H3. The van der Waals surface area contributed by atoms with Gasteiger partial charge in [0.25, 0.3) is 0 Å². The zero-order chi connectivity index (χ0) is 14.4. The van der Waals surface area contributed by atoms with Crippen LogP contribution >= 0.6 is 0 Å². The van der Waals surface area contributed by atoms with Gasteiger partial charge >= 0.3 is 0 Å². The molecule has 2 N–H and O–H groups in total. The zero-order valence-electron chi connectivity index (χ0n) is 13.7. The molecule has 0 amide bonds. The van der Waals surface area contributed by atoms with Crippen LogP contribution in [0.5, 0.6) is 0 Å². The zero-order valence-corrected chi connectivity index (χ0v) is 13.7. The van der Waals surface area contributed by atoms with E-state index in [0.717, 1.165) is 18.5 Å². The predicted octanol–water partition coefficient (Wildman–Crippen LogP) is 2.31. The van der Waals surface area contributed by atoms with Crippen LogP contribution < -0.4 is 5.73 Å². The van der Waals surface area contributed by atoms with Gasteiger partial charge in [-0.15, -0.1) is 0 Å². The highest BCUT2D eigenvalue weighted by Gasteiger charge is 2.48. The maximum absolute atomic E-state index is 6.33. The lowest BCUT2D eigenvalue weighted by Gasteiger charge is -2.56. The lowest BCUT2D eigenvalue weighted by Crippen LogP contribution is -2.66. The molecule has 2 heterocycles. The van der Waals surface area contributed by atoms with Gasteiger partial charge in [0.1, 0.15) is 0 Å². The molecule has 2 saturated heterocycles. The minimum Gasteiger partial charge on any atom is -0.329 e. The van der Waals surface area contributed by atoms with E-state index in [0.29, 0.717) is 5.41 Å². The molecule has 1 aliphatic carbocycles. The highest BCUT2D eigenvalue weighted by molar-refractivity contribution is 5.04. The smallest absolute Gasteiger partial charge is 0.0358 e. The summed E-state index contributed by atoms with van der Waals surface area (Å²) >= 11 is 0. The van der Waals surface area contributed by atoms with E-state index in [-0.39, 0.29) is 5.54 Å². The summed E-state index contributed by atoms with van der Waals surface area (Å²) < 4.78 is 0. The molecule has 2 aliphatic heterocycles. The highest BCUT2D eigenvalue weighted by Crippen LogP contribution is 2.47. The van der Waals surface area contributed by atoms with Gasteiger partial charge in [-0.3, -0.25) is 9.80 Å². The number of nitrogens with two attached hydrogens (primary N) is 1. The third-order valence-electron chi connectivity index (χ3n) is 6.58. The Bertz CT molecular complexity index is 354. The molecule has 0 radical (unpaired) electrons. The second-order valence-electron chi connectivity index (χ2n) is 8.36. The van der Waals surface area contributed by atoms with Crippen molar-refractivity contribution in [1.82, 2.24) is 9.80 Å². The van der Waals surface area contributed by atoms with Gasteiger partial charge in [0.2, 0.25) is 0 Å². The maximum Gasteiger partial charge on any atom is 0.0358 e. The Hall–Kier alpha value is -0.120. The molecular weight excluding hydrogens is 246 g/mol. The Kier molecular flexibility index (Phi) is 3.89. The summed E-state index contributed by atoms with van der Waals surface area (Å²) in [6.07, 6.45) is 6.76.